The molecule has 1 aromatic rings. The van der Waals surface area contributed by atoms with Gasteiger partial charge in [-0.05, 0) is 6.92 Å². The molecule has 0 aromatic carbocycles. The maximum Gasteiger partial charge on any atom is 0.358 e. The number of aryl methyl sites for hydroxylation is 1. The molecule has 8 nitrogen and oxygen atoms in total. The molecule has 0 aliphatic rings. The molecule has 0 saturated heterocycles. The van der Waals surface area contributed by atoms with E-state index in [1.54, 1.807) is 6.92 Å². The van der Waals surface area contributed by atoms with E-state index in [0.29, 0.717) is 0 Å². The Bertz CT molecular complexity index is 563. The Morgan fingerprint density at radius 1 is 1.53 bits per heavy atom. The summed E-state index contributed by atoms with van der Waals surface area (Å²) < 4.78 is 42.8. The zero-order chi connectivity index (χ0) is 14.6. The Balaban J connectivity index is 3.36. The van der Waals surface area contributed by atoms with E-state index in [0.717, 1.165) is 6.20 Å². The Morgan fingerprint density at radius 2 is 2.16 bits per heavy atom. The van der Waals surface area contributed by atoms with Crippen molar-refractivity contribution in [3.8, 4) is 5.75 Å². The molecule has 0 spiro atoms. The molecule has 0 atom stereocenters. The fraction of sp³-hybridized carbons (Fsp3) is 0.500. The summed E-state index contributed by atoms with van der Waals surface area (Å²) >= 11 is 0. The summed E-state index contributed by atoms with van der Waals surface area (Å²) in [5.74, 6) is -0.999. The molecular weight excluding hydrogens is 276 g/mol. The van der Waals surface area contributed by atoms with Crippen molar-refractivity contribution < 1.29 is 27.2 Å². The number of carbonyl (C=O) groups is 1. The van der Waals surface area contributed by atoms with Gasteiger partial charge in [-0.3, -0.25) is 4.55 Å². The van der Waals surface area contributed by atoms with Gasteiger partial charge >= 0.3 is 5.97 Å². The number of carbonyl (C=O) groups excluding carboxylic acids is 1. The summed E-state index contributed by atoms with van der Waals surface area (Å²) in [5, 5.41) is 0. The first kappa shape index (κ1) is 15.5. The van der Waals surface area contributed by atoms with Crippen molar-refractivity contribution in [2.24, 2.45) is 12.8 Å². The molecule has 0 radical (unpaired) electrons. The van der Waals surface area contributed by atoms with Gasteiger partial charge in [0.2, 0.25) is 0 Å². The third kappa shape index (κ3) is 3.46. The number of esters is 1. The van der Waals surface area contributed by atoms with Crippen LogP contribution in [0.25, 0.3) is 0 Å². The Labute approximate surface area is 110 Å². The topological polar surface area (TPSA) is 121 Å². The molecule has 0 unspecified atom stereocenters. The Hall–Kier alpha value is -1.58. The van der Waals surface area contributed by atoms with Crippen LogP contribution in [0.3, 0.4) is 0 Å². The van der Waals surface area contributed by atoms with E-state index >= 15 is 0 Å². The van der Waals surface area contributed by atoms with E-state index < -0.39 is 21.0 Å². The summed E-state index contributed by atoms with van der Waals surface area (Å²) in [6, 6.07) is 0. The van der Waals surface area contributed by atoms with Gasteiger partial charge in [-0.2, -0.15) is 8.42 Å². The van der Waals surface area contributed by atoms with Crippen molar-refractivity contribution in [1.82, 2.24) is 4.57 Å². The highest BCUT2D eigenvalue weighted by Gasteiger charge is 2.29. The molecule has 19 heavy (non-hydrogen) atoms. The number of hydrogen-bond donors (Lipinski definition) is 2. The largest absolute Gasteiger partial charge is 0.488 e. The second kappa shape index (κ2) is 6.04. The summed E-state index contributed by atoms with van der Waals surface area (Å²) in [7, 11) is -3.07. The summed E-state index contributed by atoms with van der Waals surface area (Å²) in [6.45, 7) is 1.87. The zero-order valence-corrected chi connectivity index (χ0v) is 11.4. The molecule has 0 aliphatic carbocycles. The van der Waals surface area contributed by atoms with Crippen LogP contribution in [0.15, 0.2) is 11.1 Å². The highest BCUT2D eigenvalue weighted by atomic mass is 32.2. The fourth-order valence-electron chi connectivity index (χ4n) is 1.50. The number of aromatic nitrogens is 1. The minimum Gasteiger partial charge on any atom is -0.488 e. The minimum absolute atomic E-state index is 0.00105. The molecule has 1 heterocycles. The second-order valence-corrected chi connectivity index (χ2v) is 5.00. The molecule has 0 fully saturated rings. The first-order valence-electron chi connectivity index (χ1n) is 5.49. The van der Waals surface area contributed by atoms with Crippen LogP contribution in [-0.4, -0.2) is 43.3 Å². The van der Waals surface area contributed by atoms with Crippen molar-refractivity contribution in [3.63, 3.8) is 0 Å². The molecule has 0 bridgehead atoms. The van der Waals surface area contributed by atoms with Gasteiger partial charge < -0.3 is 19.8 Å². The number of nitrogens with two attached hydrogens (primary N) is 1. The normalized spacial score (nSPS) is 11.4. The molecule has 3 N–H and O–H groups in total. The van der Waals surface area contributed by atoms with E-state index in [1.165, 1.54) is 11.6 Å². The molecular formula is C10H16N2O6S. The summed E-state index contributed by atoms with van der Waals surface area (Å²) in [5.41, 5.74) is 5.17. The molecule has 0 saturated carbocycles. The minimum atomic E-state index is -4.51. The van der Waals surface area contributed by atoms with Crippen LogP contribution in [0, 0.1) is 0 Å². The highest BCUT2D eigenvalue weighted by molar-refractivity contribution is 7.86. The predicted octanol–water partition coefficient (Wildman–Crippen LogP) is -0.214. The van der Waals surface area contributed by atoms with Crippen molar-refractivity contribution in [3.05, 3.63) is 11.9 Å². The van der Waals surface area contributed by atoms with E-state index in [2.05, 4.69) is 0 Å². The SMILES string of the molecule is CCOC(=O)c1c(OCCN)c(S(=O)(=O)O)cn1C. The van der Waals surface area contributed by atoms with Crippen molar-refractivity contribution >= 4 is 16.1 Å². The van der Waals surface area contributed by atoms with E-state index in [9.17, 15) is 13.2 Å². The second-order valence-electron chi connectivity index (χ2n) is 3.61. The van der Waals surface area contributed by atoms with E-state index in [-0.39, 0.29) is 31.2 Å². The molecule has 1 aromatic heterocycles. The van der Waals surface area contributed by atoms with Crippen LogP contribution in [0.1, 0.15) is 17.4 Å². The summed E-state index contributed by atoms with van der Waals surface area (Å²) in [4.78, 5) is 11.3. The molecule has 0 aliphatic heterocycles. The average molecular weight is 292 g/mol. The van der Waals surface area contributed by atoms with Gasteiger partial charge in [0.05, 0.1) is 6.61 Å². The van der Waals surface area contributed by atoms with Crippen LogP contribution >= 0.6 is 0 Å². The van der Waals surface area contributed by atoms with Crippen LogP contribution in [0.5, 0.6) is 5.75 Å². The fourth-order valence-corrected chi connectivity index (χ4v) is 2.18. The zero-order valence-electron chi connectivity index (χ0n) is 10.6. The Morgan fingerprint density at radius 3 is 2.63 bits per heavy atom. The van der Waals surface area contributed by atoms with Crippen LogP contribution in [0.4, 0.5) is 0 Å². The van der Waals surface area contributed by atoms with E-state index in [4.69, 9.17) is 19.8 Å². The summed E-state index contributed by atoms with van der Waals surface area (Å²) in [6.07, 6.45) is 1.08. The van der Waals surface area contributed by atoms with Crippen molar-refractivity contribution in [1.29, 1.82) is 0 Å². The first-order valence-corrected chi connectivity index (χ1v) is 6.93. The lowest BCUT2D eigenvalue weighted by molar-refractivity contribution is 0.0510. The number of ether oxygens (including phenoxy) is 2. The van der Waals surface area contributed by atoms with Crippen molar-refractivity contribution in [2.75, 3.05) is 19.8 Å². The van der Waals surface area contributed by atoms with Crippen molar-refractivity contribution in [2.45, 2.75) is 11.8 Å². The third-order valence-electron chi connectivity index (χ3n) is 2.21. The first-order chi connectivity index (χ1) is 8.82. The van der Waals surface area contributed by atoms with Gasteiger partial charge in [-0.15, -0.1) is 0 Å². The highest BCUT2D eigenvalue weighted by Crippen LogP contribution is 2.30. The van der Waals surface area contributed by atoms with Gasteiger partial charge in [0, 0.05) is 19.8 Å². The smallest absolute Gasteiger partial charge is 0.358 e. The lowest BCUT2D eigenvalue weighted by Gasteiger charge is -2.08. The van der Waals surface area contributed by atoms with Gasteiger partial charge in [0.25, 0.3) is 10.1 Å². The number of rotatable bonds is 6. The average Bonchev–Trinajstić information content (AvgIpc) is 2.63. The molecule has 9 heteroatoms. The van der Waals surface area contributed by atoms with Gasteiger partial charge in [0.15, 0.2) is 16.3 Å². The van der Waals surface area contributed by atoms with Gasteiger partial charge in [-0.1, -0.05) is 0 Å². The lowest BCUT2D eigenvalue weighted by atomic mass is 10.4. The van der Waals surface area contributed by atoms with Gasteiger partial charge in [0.1, 0.15) is 6.61 Å². The third-order valence-corrected chi connectivity index (χ3v) is 3.06. The predicted molar refractivity (Wildman–Crippen MR) is 65.7 cm³/mol. The monoisotopic (exact) mass is 292 g/mol. The van der Waals surface area contributed by atoms with E-state index in [1.807, 2.05) is 0 Å². The quantitative estimate of drug-likeness (QED) is 0.549. The molecule has 0 amide bonds. The van der Waals surface area contributed by atoms with Crippen LogP contribution < -0.4 is 10.5 Å². The van der Waals surface area contributed by atoms with Gasteiger partial charge in [-0.25, -0.2) is 4.79 Å². The Kier molecular flexibility index (Phi) is 4.92. The lowest BCUT2D eigenvalue weighted by Crippen LogP contribution is -2.15. The number of nitrogens with zero attached hydrogens (tertiary/aromatic N) is 1. The number of hydrogen-bond acceptors (Lipinski definition) is 6. The van der Waals surface area contributed by atoms with Crippen LogP contribution in [-0.2, 0) is 21.9 Å². The maximum atomic E-state index is 11.8. The molecule has 1 rings (SSSR count). The maximum absolute atomic E-state index is 11.8. The van der Waals surface area contributed by atoms with Crippen LogP contribution in [0.2, 0.25) is 0 Å². The molecule has 108 valence electrons. The standard InChI is InChI=1S/C10H16N2O6S/c1-3-17-10(13)8-9(18-5-4-11)7(6-12(8)2)19(14,15)16/h6H,3-5,11H2,1-2H3,(H,14,15,16).